The minimum absolute atomic E-state index is 0.245. The Morgan fingerprint density at radius 2 is 1.90 bits per heavy atom. The average molecular weight is 289 g/mol. The minimum Gasteiger partial charge on any atom is -0.382 e. The number of nitrogens with one attached hydrogen (secondary N) is 1. The van der Waals surface area contributed by atoms with Crippen molar-refractivity contribution in [1.29, 1.82) is 0 Å². The highest BCUT2D eigenvalue weighted by Gasteiger charge is 2.32. The molecule has 20 heavy (non-hydrogen) atoms. The van der Waals surface area contributed by atoms with Crippen molar-refractivity contribution in [2.24, 2.45) is 11.5 Å². The Bertz CT molecular complexity index is 432. The molecule has 6 heteroatoms. The van der Waals surface area contributed by atoms with Crippen molar-refractivity contribution in [1.82, 2.24) is 0 Å². The number of fused-ring (bicyclic) bond motifs is 1. The molecule has 3 nitrogen and oxygen atoms in total. The lowest BCUT2D eigenvalue weighted by Gasteiger charge is -2.31. The Kier molecular flexibility index (Phi) is 5.83. The number of halogens is 3. The summed E-state index contributed by atoms with van der Waals surface area (Å²) < 4.78 is 37.7. The van der Waals surface area contributed by atoms with Crippen LogP contribution in [0.5, 0.6) is 0 Å². The third-order valence-electron chi connectivity index (χ3n) is 3.17. The van der Waals surface area contributed by atoms with E-state index in [1.54, 1.807) is 0 Å². The maximum Gasteiger partial charge on any atom is 0.416 e. The molecule has 1 aliphatic heterocycles. The SMILES string of the molecule is CCC1CC(N)c2cc(C(F)(F)F)ccc2N1.CCN. The number of hydrogen-bond acceptors (Lipinski definition) is 3. The van der Waals surface area contributed by atoms with E-state index in [0.717, 1.165) is 30.8 Å². The smallest absolute Gasteiger partial charge is 0.382 e. The Morgan fingerprint density at radius 3 is 2.40 bits per heavy atom. The van der Waals surface area contributed by atoms with Gasteiger partial charge in [-0.2, -0.15) is 13.2 Å². The Morgan fingerprint density at radius 1 is 1.30 bits per heavy atom. The van der Waals surface area contributed by atoms with E-state index in [2.05, 4.69) is 5.32 Å². The van der Waals surface area contributed by atoms with E-state index in [1.165, 1.54) is 6.07 Å². The topological polar surface area (TPSA) is 64.1 Å². The van der Waals surface area contributed by atoms with Crippen molar-refractivity contribution in [3.8, 4) is 0 Å². The van der Waals surface area contributed by atoms with Gasteiger partial charge in [0.25, 0.3) is 0 Å². The van der Waals surface area contributed by atoms with Crippen LogP contribution >= 0.6 is 0 Å². The predicted octanol–water partition coefficient (Wildman–Crippen LogP) is 3.26. The summed E-state index contributed by atoms with van der Waals surface area (Å²) in [4.78, 5) is 0. The van der Waals surface area contributed by atoms with Crippen molar-refractivity contribution >= 4 is 5.69 Å². The lowest BCUT2D eigenvalue weighted by atomic mass is 9.91. The van der Waals surface area contributed by atoms with E-state index in [-0.39, 0.29) is 12.1 Å². The first-order chi connectivity index (χ1) is 9.33. The molecule has 0 bridgehead atoms. The molecular formula is C14H22F3N3. The molecule has 0 spiro atoms. The number of hydrogen-bond donors (Lipinski definition) is 3. The molecule has 2 rings (SSSR count). The van der Waals surface area contributed by atoms with Gasteiger partial charge in [0.05, 0.1) is 5.56 Å². The third-order valence-corrected chi connectivity index (χ3v) is 3.17. The van der Waals surface area contributed by atoms with Crippen LogP contribution < -0.4 is 16.8 Å². The van der Waals surface area contributed by atoms with E-state index in [1.807, 2.05) is 13.8 Å². The Balaban J connectivity index is 0.000000612. The molecule has 0 radical (unpaired) electrons. The summed E-state index contributed by atoms with van der Waals surface area (Å²) in [6, 6.07) is 3.64. The maximum absolute atomic E-state index is 12.6. The van der Waals surface area contributed by atoms with Gasteiger partial charge in [0.2, 0.25) is 0 Å². The summed E-state index contributed by atoms with van der Waals surface area (Å²) >= 11 is 0. The van der Waals surface area contributed by atoms with Crippen molar-refractivity contribution in [2.75, 3.05) is 11.9 Å². The summed E-state index contributed by atoms with van der Waals surface area (Å²) in [5, 5.41) is 3.21. The molecule has 0 fully saturated rings. The van der Waals surface area contributed by atoms with Crippen LogP contribution in [0.2, 0.25) is 0 Å². The van der Waals surface area contributed by atoms with Gasteiger partial charge in [0, 0.05) is 17.8 Å². The Hall–Kier alpha value is -1.27. The van der Waals surface area contributed by atoms with Gasteiger partial charge in [-0.15, -0.1) is 0 Å². The van der Waals surface area contributed by atoms with Crippen LogP contribution in [0.3, 0.4) is 0 Å². The standard InChI is InChI=1S/C12H15F3N2.C2H7N/c1-2-8-6-10(16)9-5-7(12(13,14)15)3-4-11(9)17-8;1-2-3/h3-5,8,10,17H,2,6,16H2,1H3;2-3H2,1H3. The van der Waals surface area contributed by atoms with Crippen molar-refractivity contribution in [2.45, 2.75) is 44.9 Å². The van der Waals surface area contributed by atoms with E-state index in [0.29, 0.717) is 12.0 Å². The third kappa shape index (κ3) is 4.11. The van der Waals surface area contributed by atoms with Gasteiger partial charge < -0.3 is 16.8 Å². The van der Waals surface area contributed by atoms with Crippen molar-refractivity contribution in [3.05, 3.63) is 29.3 Å². The molecule has 0 aromatic heterocycles. The van der Waals surface area contributed by atoms with Gasteiger partial charge in [0.15, 0.2) is 0 Å². The van der Waals surface area contributed by atoms with Gasteiger partial charge in [-0.05, 0) is 43.1 Å². The fourth-order valence-corrected chi connectivity index (χ4v) is 2.16. The largest absolute Gasteiger partial charge is 0.416 e. The van der Waals surface area contributed by atoms with Crippen LogP contribution in [-0.2, 0) is 6.18 Å². The first-order valence-electron chi connectivity index (χ1n) is 6.76. The molecule has 0 saturated carbocycles. The number of alkyl halides is 3. The monoisotopic (exact) mass is 289 g/mol. The molecular weight excluding hydrogens is 267 g/mol. The molecule has 1 aliphatic rings. The number of nitrogens with two attached hydrogens (primary N) is 2. The zero-order valence-electron chi connectivity index (χ0n) is 11.8. The molecule has 114 valence electrons. The summed E-state index contributed by atoms with van der Waals surface area (Å²) in [5.74, 6) is 0. The molecule has 0 amide bonds. The second kappa shape index (κ2) is 6.95. The van der Waals surface area contributed by atoms with Crippen molar-refractivity contribution in [3.63, 3.8) is 0 Å². The summed E-state index contributed by atoms with van der Waals surface area (Å²) in [5.41, 5.74) is 11.4. The predicted molar refractivity (Wildman–Crippen MR) is 75.4 cm³/mol. The van der Waals surface area contributed by atoms with Gasteiger partial charge in [-0.3, -0.25) is 0 Å². The number of benzene rings is 1. The second-order valence-electron chi connectivity index (χ2n) is 4.80. The number of anilines is 1. The molecule has 0 aliphatic carbocycles. The van der Waals surface area contributed by atoms with Crippen LogP contribution in [0.4, 0.5) is 18.9 Å². The summed E-state index contributed by atoms with van der Waals surface area (Å²) in [6.07, 6.45) is -2.73. The molecule has 1 heterocycles. The number of rotatable bonds is 1. The summed E-state index contributed by atoms with van der Waals surface area (Å²) in [6.45, 7) is 4.68. The lowest BCUT2D eigenvalue weighted by molar-refractivity contribution is -0.137. The van der Waals surface area contributed by atoms with Crippen LogP contribution in [-0.4, -0.2) is 12.6 Å². The summed E-state index contributed by atoms with van der Waals surface area (Å²) in [7, 11) is 0. The zero-order valence-corrected chi connectivity index (χ0v) is 11.8. The normalized spacial score (nSPS) is 21.4. The van der Waals surface area contributed by atoms with Gasteiger partial charge in [-0.25, -0.2) is 0 Å². The quantitative estimate of drug-likeness (QED) is 0.743. The fraction of sp³-hybridized carbons (Fsp3) is 0.571. The highest BCUT2D eigenvalue weighted by molar-refractivity contribution is 5.57. The molecule has 1 aromatic rings. The van der Waals surface area contributed by atoms with E-state index >= 15 is 0 Å². The van der Waals surface area contributed by atoms with Crippen molar-refractivity contribution < 1.29 is 13.2 Å². The first-order valence-corrected chi connectivity index (χ1v) is 6.76. The Labute approximate surface area is 117 Å². The van der Waals surface area contributed by atoms with E-state index in [9.17, 15) is 13.2 Å². The maximum atomic E-state index is 12.6. The molecule has 1 aromatic carbocycles. The van der Waals surface area contributed by atoms with Crippen LogP contribution in [0, 0.1) is 0 Å². The van der Waals surface area contributed by atoms with Crippen LogP contribution in [0.1, 0.15) is 43.9 Å². The molecule has 0 saturated heterocycles. The van der Waals surface area contributed by atoms with Crippen LogP contribution in [0.15, 0.2) is 18.2 Å². The zero-order chi connectivity index (χ0) is 15.3. The average Bonchev–Trinajstić information content (AvgIpc) is 2.38. The fourth-order valence-electron chi connectivity index (χ4n) is 2.16. The van der Waals surface area contributed by atoms with Gasteiger partial charge in [0.1, 0.15) is 0 Å². The molecule has 5 N–H and O–H groups in total. The van der Waals surface area contributed by atoms with Gasteiger partial charge >= 0.3 is 6.18 Å². The van der Waals surface area contributed by atoms with Crippen LogP contribution in [0.25, 0.3) is 0 Å². The second-order valence-corrected chi connectivity index (χ2v) is 4.80. The van der Waals surface area contributed by atoms with E-state index in [4.69, 9.17) is 11.5 Å². The van der Waals surface area contributed by atoms with E-state index < -0.39 is 11.7 Å². The van der Waals surface area contributed by atoms with Gasteiger partial charge in [-0.1, -0.05) is 13.8 Å². The highest BCUT2D eigenvalue weighted by Crippen LogP contribution is 2.37. The molecule has 2 atom stereocenters. The molecule has 2 unspecified atom stereocenters. The lowest BCUT2D eigenvalue weighted by Crippen LogP contribution is -2.31. The highest BCUT2D eigenvalue weighted by atomic mass is 19.4. The minimum atomic E-state index is -4.31. The first kappa shape index (κ1) is 16.8.